The molecular formula is C15H24N2O3S. The van der Waals surface area contributed by atoms with Crippen LogP contribution in [0.25, 0.3) is 0 Å². The highest BCUT2D eigenvalue weighted by Gasteiger charge is 2.18. The van der Waals surface area contributed by atoms with Gasteiger partial charge >= 0.3 is 0 Å². The number of hydrogen-bond donors (Lipinski definition) is 1. The maximum atomic E-state index is 11.5. The van der Waals surface area contributed by atoms with E-state index >= 15 is 0 Å². The first-order valence-corrected chi connectivity index (χ1v) is 9.17. The van der Waals surface area contributed by atoms with Crippen LogP contribution in [-0.2, 0) is 14.6 Å². The Kier molecular flexibility index (Phi) is 5.61. The van der Waals surface area contributed by atoms with Crippen LogP contribution in [0, 0.1) is 0 Å². The zero-order valence-electron chi connectivity index (χ0n) is 12.7. The Morgan fingerprint density at radius 1 is 1.33 bits per heavy atom. The number of nitrogens with one attached hydrogen (secondary N) is 1. The molecule has 1 aromatic carbocycles. The van der Waals surface area contributed by atoms with Crippen LogP contribution in [-0.4, -0.2) is 54.1 Å². The molecule has 0 aromatic heterocycles. The zero-order chi connectivity index (χ0) is 15.3. The van der Waals surface area contributed by atoms with Crippen molar-refractivity contribution in [2.24, 2.45) is 0 Å². The molecule has 5 nitrogen and oxygen atoms in total. The Morgan fingerprint density at radius 2 is 2.05 bits per heavy atom. The predicted octanol–water partition coefficient (Wildman–Crippen LogP) is 1.29. The standard InChI is InChI=1S/C15H24N2O3S/c1-20-11-10-17(12-13-4-3-9-16-13)14-5-7-15(8-6-14)21(2,18)19/h5-8,13,16H,3-4,9-12H2,1-2H3. The minimum atomic E-state index is -3.14. The molecule has 1 saturated heterocycles. The Labute approximate surface area is 127 Å². The van der Waals surface area contributed by atoms with Gasteiger partial charge in [-0.25, -0.2) is 8.42 Å². The average molecular weight is 312 g/mol. The lowest BCUT2D eigenvalue weighted by Gasteiger charge is -2.27. The summed E-state index contributed by atoms with van der Waals surface area (Å²) in [7, 11) is -1.45. The quantitative estimate of drug-likeness (QED) is 0.822. The first kappa shape index (κ1) is 16.3. The van der Waals surface area contributed by atoms with E-state index in [4.69, 9.17) is 4.74 Å². The molecule has 0 spiro atoms. The summed E-state index contributed by atoms with van der Waals surface area (Å²) in [6.45, 7) is 3.45. The lowest BCUT2D eigenvalue weighted by molar-refractivity contribution is 0.204. The van der Waals surface area contributed by atoms with E-state index in [1.54, 1.807) is 19.2 Å². The van der Waals surface area contributed by atoms with Crippen molar-refractivity contribution in [1.82, 2.24) is 5.32 Å². The van der Waals surface area contributed by atoms with Gasteiger partial charge in [-0.1, -0.05) is 0 Å². The van der Waals surface area contributed by atoms with Gasteiger partial charge < -0.3 is 15.0 Å². The van der Waals surface area contributed by atoms with Gasteiger partial charge in [0.25, 0.3) is 0 Å². The monoisotopic (exact) mass is 312 g/mol. The molecule has 0 saturated carbocycles. The van der Waals surface area contributed by atoms with Gasteiger partial charge in [-0.2, -0.15) is 0 Å². The van der Waals surface area contributed by atoms with Gasteiger partial charge in [0, 0.05) is 38.2 Å². The Bertz CT molecular complexity index is 537. The molecule has 1 aliphatic rings. The third kappa shape index (κ3) is 4.69. The number of nitrogens with zero attached hydrogens (tertiary/aromatic N) is 1. The Balaban J connectivity index is 2.11. The summed E-state index contributed by atoms with van der Waals surface area (Å²) in [4.78, 5) is 2.61. The number of ether oxygens (including phenoxy) is 1. The second-order valence-corrected chi connectivity index (χ2v) is 7.51. The van der Waals surface area contributed by atoms with E-state index in [-0.39, 0.29) is 0 Å². The highest BCUT2D eigenvalue weighted by molar-refractivity contribution is 7.90. The topological polar surface area (TPSA) is 58.6 Å². The van der Waals surface area contributed by atoms with Gasteiger partial charge in [0.05, 0.1) is 11.5 Å². The van der Waals surface area contributed by atoms with E-state index in [2.05, 4.69) is 10.2 Å². The minimum Gasteiger partial charge on any atom is -0.383 e. The van der Waals surface area contributed by atoms with Gasteiger partial charge in [0.15, 0.2) is 9.84 Å². The van der Waals surface area contributed by atoms with E-state index in [1.165, 1.54) is 19.1 Å². The van der Waals surface area contributed by atoms with Crippen LogP contribution in [0.4, 0.5) is 5.69 Å². The third-order valence-corrected chi connectivity index (χ3v) is 4.93. The molecule has 118 valence electrons. The average Bonchev–Trinajstić information content (AvgIpc) is 2.95. The molecule has 0 amide bonds. The first-order chi connectivity index (χ1) is 10.0. The van der Waals surface area contributed by atoms with Gasteiger partial charge in [-0.3, -0.25) is 0 Å². The third-order valence-electron chi connectivity index (χ3n) is 3.80. The molecular weight excluding hydrogens is 288 g/mol. The lowest BCUT2D eigenvalue weighted by atomic mass is 10.2. The summed E-state index contributed by atoms with van der Waals surface area (Å²) >= 11 is 0. The van der Waals surface area contributed by atoms with Crippen molar-refractivity contribution in [1.29, 1.82) is 0 Å². The van der Waals surface area contributed by atoms with Crippen LogP contribution in [0.15, 0.2) is 29.2 Å². The summed E-state index contributed by atoms with van der Waals surface area (Å²) < 4.78 is 28.2. The smallest absolute Gasteiger partial charge is 0.175 e. The van der Waals surface area contributed by atoms with Crippen LogP contribution in [0.1, 0.15) is 12.8 Å². The summed E-state index contributed by atoms with van der Waals surface area (Å²) in [5.41, 5.74) is 1.04. The van der Waals surface area contributed by atoms with E-state index in [1.807, 2.05) is 12.1 Å². The number of benzene rings is 1. The fourth-order valence-corrected chi connectivity index (χ4v) is 3.24. The SMILES string of the molecule is COCCN(CC1CCCN1)c1ccc(S(C)(=O)=O)cc1. The second kappa shape index (κ2) is 7.24. The Morgan fingerprint density at radius 3 is 2.57 bits per heavy atom. The van der Waals surface area contributed by atoms with E-state index in [9.17, 15) is 8.42 Å². The molecule has 2 rings (SSSR count). The molecule has 1 N–H and O–H groups in total. The van der Waals surface area contributed by atoms with Crippen LogP contribution in [0.3, 0.4) is 0 Å². The predicted molar refractivity (Wildman–Crippen MR) is 84.7 cm³/mol. The van der Waals surface area contributed by atoms with E-state index < -0.39 is 9.84 Å². The molecule has 0 bridgehead atoms. The molecule has 1 heterocycles. The van der Waals surface area contributed by atoms with Crippen LogP contribution in [0.2, 0.25) is 0 Å². The highest BCUT2D eigenvalue weighted by Crippen LogP contribution is 2.19. The maximum absolute atomic E-state index is 11.5. The van der Waals surface area contributed by atoms with Gasteiger partial charge in [0.2, 0.25) is 0 Å². The molecule has 0 aliphatic carbocycles. The summed E-state index contributed by atoms with van der Waals surface area (Å²) in [5.74, 6) is 0. The van der Waals surface area contributed by atoms with Crippen LogP contribution >= 0.6 is 0 Å². The normalized spacial score (nSPS) is 18.9. The van der Waals surface area contributed by atoms with Crippen molar-refractivity contribution in [2.75, 3.05) is 44.5 Å². The zero-order valence-corrected chi connectivity index (χ0v) is 13.5. The number of sulfone groups is 1. The molecule has 21 heavy (non-hydrogen) atoms. The Hall–Kier alpha value is -1.11. The van der Waals surface area contributed by atoms with Gasteiger partial charge in [-0.15, -0.1) is 0 Å². The molecule has 1 aromatic rings. The van der Waals surface area contributed by atoms with E-state index in [0.717, 1.165) is 25.3 Å². The van der Waals surface area contributed by atoms with Crippen molar-refractivity contribution >= 4 is 15.5 Å². The van der Waals surface area contributed by atoms with Crippen molar-refractivity contribution in [3.8, 4) is 0 Å². The molecule has 1 aliphatic heterocycles. The van der Waals surface area contributed by atoms with Crippen molar-refractivity contribution in [3.05, 3.63) is 24.3 Å². The summed E-state index contributed by atoms with van der Waals surface area (Å²) in [6, 6.07) is 7.59. The maximum Gasteiger partial charge on any atom is 0.175 e. The lowest BCUT2D eigenvalue weighted by Crippen LogP contribution is -2.39. The van der Waals surface area contributed by atoms with Gasteiger partial charge in [0.1, 0.15) is 0 Å². The summed E-state index contributed by atoms with van der Waals surface area (Å²) in [6.07, 6.45) is 3.63. The second-order valence-electron chi connectivity index (χ2n) is 5.50. The molecule has 1 unspecified atom stereocenters. The van der Waals surface area contributed by atoms with Crippen molar-refractivity contribution in [3.63, 3.8) is 0 Å². The van der Waals surface area contributed by atoms with Crippen molar-refractivity contribution in [2.45, 2.75) is 23.8 Å². The molecule has 1 fully saturated rings. The number of hydrogen-bond acceptors (Lipinski definition) is 5. The van der Waals surface area contributed by atoms with Gasteiger partial charge in [-0.05, 0) is 43.7 Å². The minimum absolute atomic E-state index is 0.358. The van der Waals surface area contributed by atoms with Crippen LogP contribution < -0.4 is 10.2 Å². The molecule has 1 atom stereocenters. The largest absolute Gasteiger partial charge is 0.383 e. The fraction of sp³-hybridized carbons (Fsp3) is 0.600. The first-order valence-electron chi connectivity index (χ1n) is 7.28. The summed E-state index contributed by atoms with van der Waals surface area (Å²) in [5, 5.41) is 3.49. The van der Waals surface area contributed by atoms with Crippen LogP contribution in [0.5, 0.6) is 0 Å². The number of methoxy groups -OCH3 is 1. The highest BCUT2D eigenvalue weighted by atomic mass is 32.2. The fourth-order valence-electron chi connectivity index (χ4n) is 2.61. The van der Waals surface area contributed by atoms with E-state index in [0.29, 0.717) is 17.5 Å². The molecule has 0 radical (unpaired) electrons. The van der Waals surface area contributed by atoms with Crippen molar-refractivity contribution < 1.29 is 13.2 Å². The molecule has 6 heteroatoms. The number of rotatable bonds is 7. The number of anilines is 1.